The Balaban J connectivity index is 2.03. The summed E-state index contributed by atoms with van der Waals surface area (Å²) in [5.41, 5.74) is 1.21. The van der Waals surface area contributed by atoms with Crippen molar-refractivity contribution in [2.75, 3.05) is 40.0 Å². The first-order valence-electron chi connectivity index (χ1n) is 8.26. The van der Waals surface area contributed by atoms with Gasteiger partial charge < -0.3 is 14.6 Å². The highest BCUT2D eigenvalue weighted by atomic mass is 16.5. The Morgan fingerprint density at radius 2 is 2.14 bits per heavy atom. The van der Waals surface area contributed by atoms with Crippen LogP contribution in [0.5, 0.6) is 5.75 Å². The van der Waals surface area contributed by atoms with E-state index < -0.39 is 0 Å². The van der Waals surface area contributed by atoms with Crippen LogP contribution in [-0.4, -0.2) is 50.0 Å². The summed E-state index contributed by atoms with van der Waals surface area (Å²) in [6.07, 6.45) is 3.13. The molecule has 1 N–H and O–H groups in total. The molecule has 0 unspecified atom stereocenters. The third-order valence-corrected chi connectivity index (χ3v) is 4.58. The fourth-order valence-electron chi connectivity index (χ4n) is 3.35. The second-order valence-corrected chi connectivity index (χ2v) is 6.26. The van der Waals surface area contributed by atoms with Gasteiger partial charge in [0.15, 0.2) is 0 Å². The van der Waals surface area contributed by atoms with Crippen LogP contribution in [0.1, 0.15) is 31.7 Å². The summed E-state index contributed by atoms with van der Waals surface area (Å²) in [7, 11) is 1.73. The predicted molar refractivity (Wildman–Crippen MR) is 88.1 cm³/mol. The second kappa shape index (κ2) is 8.51. The molecule has 124 valence electrons. The van der Waals surface area contributed by atoms with Crippen LogP contribution in [0, 0.1) is 5.41 Å². The Morgan fingerprint density at radius 3 is 2.86 bits per heavy atom. The number of nitrogens with zero attached hydrogens (tertiary/aromatic N) is 1. The minimum absolute atomic E-state index is 0.0190. The highest BCUT2D eigenvalue weighted by Crippen LogP contribution is 2.34. The van der Waals surface area contributed by atoms with Crippen LogP contribution in [0.3, 0.4) is 0 Å². The molecule has 0 aromatic heterocycles. The third-order valence-electron chi connectivity index (χ3n) is 4.58. The fraction of sp³-hybridized carbons (Fsp3) is 0.667. The van der Waals surface area contributed by atoms with Crippen molar-refractivity contribution in [3.05, 3.63) is 29.8 Å². The Hall–Kier alpha value is -1.10. The average Bonchev–Trinajstić information content (AvgIpc) is 2.55. The Morgan fingerprint density at radius 1 is 1.32 bits per heavy atom. The topological polar surface area (TPSA) is 41.9 Å². The molecule has 1 saturated heterocycles. The van der Waals surface area contributed by atoms with Crippen molar-refractivity contribution in [1.82, 2.24) is 4.90 Å². The summed E-state index contributed by atoms with van der Waals surface area (Å²) in [4.78, 5) is 2.44. The summed E-state index contributed by atoms with van der Waals surface area (Å²) >= 11 is 0. The van der Waals surface area contributed by atoms with Crippen LogP contribution < -0.4 is 4.74 Å². The molecular formula is C18H29NO3. The lowest BCUT2D eigenvalue weighted by molar-refractivity contribution is 0.00453. The summed E-state index contributed by atoms with van der Waals surface area (Å²) in [5.74, 6) is 0.974. The van der Waals surface area contributed by atoms with Crippen LogP contribution in [0.4, 0.5) is 0 Å². The zero-order valence-electron chi connectivity index (χ0n) is 13.9. The summed E-state index contributed by atoms with van der Waals surface area (Å²) < 4.78 is 11.0. The Kier molecular flexibility index (Phi) is 6.68. The van der Waals surface area contributed by atoms with Crippen molar-refractivity contribution >= 4 is 0 Å². The van der Waals surface area contributed by atoms with E-state index in [1.54, 1.807) is 7.11 Å². The van der Waals surface area contributed by atoms with Crippen LogP contribution in [0.2, 0.25) is 0 Å². The third kappa shape index (κ3) is 4.45. The molecule has 2 rings (SSSR count). The molecule has 0 bridgehead atoms. The molecule has 0 saturated carbocycles. The molecule has 4 nitrogen and oxygen atoms in total. The quantitative estimate of drug-likeness (QED) is 0.802. The monoisotopic (exact) mass is 307 g/mol. The standard InChI is InChI=1S/C18H29NO3/c1-3-22-17-8-5-4-7-16(17)13-19-11-6-9-18(14-19,15-20)10-12-21-2/h4-5,7-8,20H,3,6,9-15H2,1-2H3/t18-/m1/s1. The van der Waals surface area contributed by atoms with E-state index in [1.165, 1.54) is 5.56 Å². The Bertz CT molecular complexity index is 452. The first kappa shape index (κ1) is 17.3. The van der Waals surface area contributed by atoms with Crippen molar-refractivity contribution in [2.45, 2.75) is 32.7 Å². The van der Waals surface area contributed by atoms with Crippen molar-refractivity contribution < 1.29 is 14.6 Å². The number of benzene rings is 1. The lowest BCUT2D eigenvalue weighted by Crippen LogP contribution is -2.45. The van der Waals surface area contributed by atoms with Gasteiger partial charge in [-0.1, -0.05) is 18.2 Å². The van der Waals surface area contributed by atoms with E-state index in [2.05, 4.69) is 17.0 Å². The minimum Gasteiger partial charge on any atom is -0.494 e. The highest BCUT2D eigenvalue weighted by molar-refractivity contribution is 5.33. The maximum absolute atomic E-state index is 9.88. The minimum atomic E-state index is -0.0190. The van der Waals surface area contributed by atoms with Crippen molar-refractivity contribution in [2.24, 2.45) is 5.41 Å². The van der Waals surface area contributed by atoms with E-state index in [9.17, 15) is 5.11 Å². The lowest BCUT2D eigenvalue weighted by Gasteiger charge is -2.42. The van der Waals surface area contributed by atoms with Gasteiger partial charge in [-0.3, -0.25) is 4.90 Å². The Labute approximate surface area is 134 Å². The number of rotatable bonds is 8. The number of hydrogen-bond acceptors (Lipinski definition) is 4. The number of methoxy groups -OCH3 is 1. The molecule has 1 aliphatic rings. The van der Waals surface area contributed by atoms with Crippen LogP contribution in [0.25, 0.3) is 0 Å². The van der Waals surface area contributed by atoms with Gasteiger partial charge in [0.1, 0.15) is 5.75 Å². The molecule has 22 heavy (non-hydrogen) atoms. The maximum Gasteiger partial charge on any atom is 0.123 e. The molecule has 0 spiro atoms. The zero-order valence-corrected chi connectivity index (χ0v) is 13.9. The van der Waals surface area contributed by atoms with Gasteiger partial charge in [-0.25, -0.2) is 0 Å². The molecule has 0 radical (unpaired) electrons. The van der Waals surface area contributed by atoms with Crippen molar-refractivity contribution in [3.8, 4) is 5.75 Å². The summed E-state index contributed by atoms with van der Waals surface area (Å²) in [6.45, 7) is 6.53. The van der Waals surface area contributed by atoms with Gasteiger partial charge in [0.05, 0.1) is 13.2 Å². The zero-order chi connectivity index (χ0) is 15.8. The highest BCUT2D eigenvalue weighted by Gasteiger charge is 2.34. The molecule has 0 amide bonds. The summed E-state index contributed by atoms with van der Waals surface area (Å²) in [5, 5.41) is 9.88. The maximum atomic E-state index is 9.88. The van der Waals surface area contributed by atoms with E-state index in [0.717, 1.165) is 44.6 Å². The van der Waals surface area contributed by atoms with Gasteiger partial charge in [-0.05, 0) is 38.8 Å². The van der Waals surface area contributed by atoms with Gasteiger partial charge >= 0.3 is 0 Å². The first-order valence-corrected chi connectivity index (χ1v) is 8.26. The molecule has 1 aromatic carbocycles. The number of likely N-dealkylation sites (tertiary alicyclic amines) is 1. The van der Waals surface area contributed by atoms with Gasteiger partial charge in [-0.2, -0.15) is 0 Å². The molecule has 1 atom stereocenters. The molecule has 1 aromatic rings. The predicted octanol–water partition coefficient (Wildman–Crippen LogP) is 2.70. The van der Waals surface area contributed by atoms with Crippen LogP contribution in [0.15, 0.2) is 24.3 Å². The van der Waals surface area contributed by atoms with Gasteiger partial charge in [0, 0.05) is 37.8 Å². The molecular weight excluding hydrogens is 278 g/mol. The van der Waals surface area contributed by atoms with E-state index in [1.807, 2.05) is 19.1 Å². The SMILES string of the molecule is CCOc1ccccc1CN1CCC[C@@](CO)(CCOC)C1. The van der Waals surface area contributed by atoms with Crippen molar-refractivity contribution in [1.29, 1.82) is 0 Å². The molecule has 1 fully saturated rings. The van der Waals surface area contributed by atoms with E-state index in [-0.39, 0.29) is 12.0 Å². The molecule has 1 heterocycles. The van der Waals surface area contributed by atoms with E-state index >= 15 is 0 Å². The second-order valence-electron chi connectivity index (χ2n) is 6.26. The number of hydrogen-bond donors (Lipinski definition) is 1. The number of aliphatic hydroxyl groups excluding tert-OH is 1. The molecule has 0 aliphatic carbocycles. The van der Waals surface area contributed by atoms with Crippen LogP contribution >= 0.6 is 0 Å². The number of ether oxygens (including phenoxy) is 2. The molecule has 4 heteroatoms. The number of aliphatic hydroxyl groups is 1. The lowest BCUT2D eigenvalue weighted by atomic mass is 9.78. The number of para-hydroxylation sites is 1. The first-order chi connectivity index (χ1) is 10.7. The fourth-order valence-corrected chi connectivity index (χ4v) is 3.35. The smallest absolute Gasteiger partial charge is 0.123 e. The van der Waals surface area contributed by atoms with Gasteiger partial charge in [0.25, 0.3) is 0 Å². The average molecular weight is 307 g/mol. The largest absolute Gasteiger partial charge is 0.494 e. The van der Waals surface area contributed by atoms with Gasteiger partial charge in [0.2, 0.25) is 0 Å². The molecule has 1 aliphatic heterocycles. The van der Waals surface area contributed by atoms with Crippen molar-refractivity contribution in [3.63, 3.8) is 0 Å². The summed E-state index contributed by atoms with van der Waals surface area (Å²) in [6, 6.07) is 8.25. The normalized spacial score (nSPS) is 22.7. The number of piperidine rings is 1. The van der Waals surface area contributed by atoms with Crippen LogP contribution in [-0.2, 0) is 11.3 Å². The van der Waals surface area contributed by atoms with E-state index in [0.29, 0.717) is 13.2 Å². The van der Waals surface area contributed by atoms with Gasteiger partial charge in [-0.15, -0.1) is 0 Å². The van der Waals surface area contributed by atoms with E-state index in [4.69, 9.17) is 9.47 Å².